The summed E-state index contributed by atoms with van der Waals surface area (Å²) in [5, 5.41) is 0. The minimum absolute atomic E-state index is 0.755. The van der Waals surface area contributed by atoms with Gasteiger partial charge in [-0.25, -0.2) is 0 Å². The quantitative estimate of drug-likeness (QED) is 0.563. The van der Waals surface area contributed by atoms with Crippen LogP contribution in [0.5, 0.6) is 0 Å². The van der Waals surface area contributed by atoms with Crippen molar-refractivity contribution in [1.29, 1.82) is 0 Å². The normalized spacial score (nSPS) is 17.9. The Bertz CT molecular complexity index is 285. The monoisotopic (exact) mass is 204 g/mol. The maximum absolute atomic E-state index is 2.36. The Morgan fingerprint density at radius 3 is 2.60 bits per heavy atom. The van der Waals surface area contributed by atoms with Crippen molar-refractivity contribution >= 4 is 0 Å². The molecule has 84 valence electrons. The largest absolute Gasteiger partial charge is 0.0859 e. The molecule has 0 saturated heterocycles. The molecule has 0 spiro atoms. The lowest BCUT2D eigenvalue weighted by atomic mass is 9.88. The minimum atomic E-state index is 0.755. The van der Waals surface area contributed by atoms with E-state index in [2.05, 4.69) is 45.9 Å². The van der Waals surface area contributed by atoms with Crippen LogP contribution in [-0.4, -0.2) is 0 Å². The van der Waals surface area contributed by atoms with Crippen molar-refractivity contribution in [2.45, 2.75) is 53.4 Å². The van der Waals surface area contributed by atoms with Crippen molar-refractivity contribution in [2.24, 2.45) is 5.92 Å². The summed E-state index contributed by atoms with van der Waals surface area (Å²) >= 11 is 0. The van der Waals surface area contributed by atoms with Gasteiger partial charge in [0.25, 0.3) is 0 Å². The fourth-order valence-corrected chi connectivity index (χ4v) is 1.98. The summed E-state index contributed by atoms with van der Waals surface area (Å²) in [5.74, 6) is 0.755. The third-order valence-electron chi connectivity index (χ3n) is 3.18. The summed E-state index contributed by atoms with van der Waals surface area (Å²) in [7, 11) is 0. The number of hydrogen-bond donors (Lipinski definition) is 0. The summed E-state index contributed by atoms with van der Waals surface area (Å²) in [6, 6.07) is 0. The van der Waals surface area contributed by atoms with Crippen molar-refractivity contribution in [2.75, 3.05) is 0 Å². The van der Waals surface area contributed by atoms with Crippen LogP contribution in [0, 0.1) is 5.92 Å². The van der Waals surface area contributed by atoms with E-state index in [1.807, 2.05) is 0 Å². The second kappa shape index (κ2) is 5.95. The van der Waals surface area contributed by atoms with E-state index in [4.69, 9.17) is 0 Å². The van der Waals surface area contributed by atoms with E-state index in [-0.39, 0.29) is 0 Å². The summed E-state index contributed by atoms with van der Waals surface area (Å²) in [5.41, 5.74) is 4.61. The van der Waals surface area contributed by atoms with Gasteiger partial charge in [-0.15, -0.1) is 0 Å². The average molecular weight is 204 g/mol. The highest BCUT2D eigenvalue weighted by atomic mass is 14.2. The van der Waals surface area contributed by atoms with E-state index >= 15 is 0 Å². The molecule has 0 bridgehead atoms. The Hall–Kier alpha value is -0.780. The number of hydrogen-bond acceptors (Lipinski definition) is 0. The molecule has 0 amide bonds. The zero-order chi connectivity index (χ0) is 11.3. The fourth-order valence-electron chi connectivity index (χ4n) is 1.98. The van der Waals surface area contributed by atoms with E-state index in [0.717, 1.165) is 5.92 Å². The van der Waals surface area contributed by atoms with Gasteiger partial charge in [0.1, 0.15) is 0 Å². The van der Waals surface area contributed by atoms with E-state index in [0.29, 0.717) is 0 Å². The molecule has 1 atom stereocenters. The maximum atomic E-state index is 2.36. The van der Waals surface area contributed by atoms with Crippen LogP contribution in [0.3, 0.4) is 0 Å². The SMILES string of the molecule is CC(C)=CCC[C@@H](C)C1=CC=C(C)CC1. The summed E-state index contributed by atoms with van der Waals surface area (Å²) in [6.07, 6.45) is 12.0. The molecule has 0 N–H and O–H groups in total. The minimum Gasteiger partial charge on any atom is -0.0859 e. The Balaban J connectivity index is 2.41. The molecular weight excluding hydrogens is 180 g/mol. The molecule has 0 aromatic heterocycles. The molecule has 0 unspecified atom stereocenters. The van der Waals surface area contributed by atoms with Crippen molar-refractivity contribution in [3.05, 3.63) is 34.9 Å². The predicted molar refractivity (Wildman–Crippen MR) is 68.9 cm³/mol. The van der Waals surface area contributed by atoms with E-state index in [1.165, 1.54) is 36.8 Å². The zero-order valence-corrected chi connectivity index (χ0v) is 10.6. The predicted octanol–water partition coefficient (Wildman–Crippen LogP) is 5.04. The molecular formula is C15H24. The molecule has 1 aliphatic carbocycles. The average Bonchev–Trinajstić information content (AvgIpc) is 2.18. The summed E-state index contributed by atoms with van der Waals surface area (Å²) < 4.78 is 0. The second-order valence-electron chi connectivity index (χ2n) is 5.01. The lowest BCUT2D eigenvalue weighted by molar-refractivity contribution is 0.590. The van der Waals surface area contributed by atoms with Crippen LogP contribution in [-0.2, 0) is 0 Å². The Labute approximate surface area is 94.8 Å². The van der Waals surface area contributed by atoms with E-state index < -0.39 is 0 Å². The van der Waals surface area contributed by atoms with E-state index in [1.54, 1.807) is 5.57 Å². The molecule has 0 fully saturated rings. The molecule has 0 saturated carbocycles. The highest BCUT2D eigenvalue weighted by Crippen LogP contribution is 2.26. The molecule has 0 aliphatic heterocycles. The molecule has 0 heterocycles. The fraction of sp³-hybridized carbons (Fsp3) is 0.600. The third-order valence-corrected chi connectivity index (χ3v) is 3.18. The van der Waals surface area contributed by atoms with Gasteiger partial charge in [0.2, 0.25) is 0 Å². The highest BCUT2D eigenvalue weighted by molar-refractivity contribution is 5.24. The van der Waals surface area contributed by atoms with Crippen molar-refractivity contribution < 1.29 is 0 Å². The van der Waals surface area contributed by atoms with Crippen molar-refractivity contribution in [3.63, 3.8) is 0 Å². The third kappa shape index (κ3) is 4.51. The van der Waals surface area contributed by atoms with Crippen LogP contribution in [0.25, 0.3) is 0 Å². The molecule has 0 aromatic carbocycles. The smallest absolute Gasteiger partial charge is 0.0225 e. The van der Waals surface area contributed by atoms with Gasteiger partial charge in [0.05, 0.1) is 0 Å². The van der Waals surface area contributed by atoms with Gasteiger partial charge >= 0.3 is 0 Å². The highest BCUT2D eigenvalue weighted by Gasteiger charge is 2.10. The Morgan fingerprint density at radius 2 is 2.07 bits per heavy atom. The van der Waals surface area contributed by atoms with Crippen LogP contribution in [0.1, 0.15) is 53.4 Å². The Morgan fingerprint density at radius 1 is 1.33 bits per heavy atom. The molecule has 1 aliphatic rings. The molecule has 0 radical (unpaired) electrons. The maximum Gasteiger partial charge on any atom is -0.0225 e. The second-order valence-corrected chi connectivity index (χ2v) is 5.01. The van der Waals surface area contributed by atoms with Crippen LogP contribution >= 0.6 is 0 Å². The van der Waals surface area contributed by atoms with Gasteiger partial charge in [0.15, 0.2) is 0 Å². The van der Waals surface area contributed by atoms with Gasteiger partial charge < -0.3 is 0 Å². The van der Waals surface area contributed by atoms with Crippen LogP contribution in [0.2, 0.25) is 0 Å². The zero-order valence-electron chi connectivity index (χ0n) is 10.6. The molecule has 0 nitrogen and oxygen atoms in total. The van der Waals surface area contributed by atoms with Crippen molar-refractivity contribution in [3.8, 4) is 0 Å². The Kier molecular flexibility index (Phi) is 4.87. The standard InChI is InChI=1S/C15H24/c1-12(2)6-5-7-14(4)15-10-8-13(3)9-11-15/h6,8,10,14H,5,7,9,11H2,1-4H3/t14-/m1/s1. The number of rotatable bonds is 4. The summed E-state index contributed by atoms with van der Waals surface area (Å²) in [6.45, 7) is 8.94. The van der Waals surface area contributed by atoms with Gasteiger partial charge in [-0.2, -0.15) is 0 Å². The topological polar surface area (TPSA) is 0 Å². The van der Waals surface area contributed by atoms with Crippen LogP contribution in [0.15, 0.2) is 34.9 Å². The van der Waals surface area contributed by atoms with Gasteiger partial charge in [-0.3, -0.25) is 0 Å². The lowest BCUT2D eigenvalue weighted by Crippen LogP contribution is -2.02. The van der Waals surface area contributed by atoms with Gasteiger partial charge in [-0.05, 0) is 52.4 Å². The van der Waals surface area contributed by atoms with Crippen LogP contribution in [0.4, 0.5) is 0 Å². The number of allylic oxidation sites excluding steroid dienone is 6. The first-order valence-corrected chi connectivity index (χ1v) is 6.09. The van der Waals surface area contributed by atoms with Crippen molar-refractivity contribution in [1.82, 2.24) is 0 Å². The molecule has 0 heteroatoms. The molecule has 15 heavy (non-hydrogen) atoms. The first-order chi connectivity index (χ1) is 7.09. The van der Waals surface area contributed by atoms with Gasteiger partial charge in [0, 0.05) is 0 Å². The first kappa shape index (κ1) is 12.3. The molecule has 0 aromatic rings. The first-order valence-electron chi connectivity index (χ1n) is 6.09. The van der Waals surface area contributed by atoms with Gasteiger partial charge in [-0.1, -0.05) is 41.9 Å². The van der Waals surface area contributed by atoms with E-state index in [9.17, 15) is 0 Å². The molecule has 1 rings (SSSR count). The lowest BCUT2D eigenvalue weighted by Gasteiger charge is -2.18. The summed E-state index contributed by atoms with van der Waals surface area (Å²) in [4.78, 5) is 0. The van der Waals surface area contributed by atoms with Crippen LogP contribution < -0.4 is 0 Å².